The second-order valence-corrected chi connectivity index (χ2v) is 5.68. The molecule has 0 unspecified atom stereocenters. The first kappa shape index (κ1) is 16.5. The van der Waals surface area contributed by atoms with Crippen LogP contribution in [0.1, 0.15) is 11.3 Å². The van der Waals surface area contributed by atoms with E-state index in [4.69, 9.17) is 28.2 Å². The van der Waals surface area contributed by atoms with E-state index in [2.05, 4.69) is 10.6 Å². The van der Waals surface area contributed by atoms with Crippen LogP contribution in [0.5, 0.6) is 0 Å². The highest BCUT2D eigenvalue weighted by molar-refractivity contribution is 7.80. The number of hydrogen-bond acceptors (Lipinski definition) is 3. The minimum atomic E-state index is -4.49. The second kappa shape index (κ2) is 5.95. The van der Waals surface area contributed by atoms with Gasteiger partial charge in [-0.3, -0.25) is 10.1 Å². The molecule has 0 aliphatic carbocycles. The van der Waals surface area contributed by atoms with Crippen LogP contribution in [0.15, 0.2) is 40.4 Å². The van der Waals surface area contributed by atoms with Crippen molar-refractivity contribution in [2.45, 2.75) is 6.18 Å². The molecular weight excluding hydrogens is 365 g/mol. The average Bonchev–Trinajstić information content (AvgIpc) is 3.05. The Balaban J connectivity index is 1.95. The number of alkyl halides is 3. The summed E-state index contributed by atoms with van der Waals surface area (Å²) in [5, 5.41) is 5.31. The zero-order valence-electron chi connectivity index (χ0n) is 11.7. The molecule has 0 saturated carbocycles. The van der Waals surface area contributed by atoms with E-state index in [1.54, 1.807) is 0 Å². The molecule has 0 spiro atoms. The molecule has 1 aromatic carbocycles. The molecule has 124 valence electrons. The third-order valence-corrected chi connectivity index (χ3v) is 3.73. The summed E-state index contributed by atoms with van der Waals surface area (Å²) in [6, 6.07) is 5.94. The van der Waals surface area contributed by atoms with E-state index in [0.29, 0.717) is 0 Å². The van der Waals surface area contributed by atoms with Gasteiger partial charge in [-0.1, -0.05) is 11.6 Å². The molecule has 1 aliphatic rings. The number of furan rings is 1. The maximum Gasteiger partial charge on any atom is 0.416 e. The van der Waals surface area contributed by atoms with Crippen molar-refractivity contribution in [1.82, 2.24) is 10.6 Å². The Hall–Kier alpha value is -2.32. The van der Waals surface area contributed by atoms with Gasteiger partial charge in [-0.25, -0.2) is 0 Å². The smallest absolute Gasteiger partial charge is 0.416 e. The lowest BCUT2D eigenvalue weighted by Gasteiger charge is -2.09. The van der Waals surface area contributed by atoms with E-state index in [1.165, 1.54) is 18.2 Å². The fourth-order valence-electron chi connectivity index (χ4n) is 2.09. The molecule has 0 radical (unpaired) electrons. The lowest BCUT2D eigenvalue weighted by molar-refractivity contribution is -0.137. The van der Waals surface area contributed by atoms with Gasteiger partial charge in [0.15, 0.2) is 5.11 Å². The van der Waals surface area contributed by atoms with Crippen LogP contribution in [0.3, 0.4) is 0 Å². The molecule has 4 nitrogen and oxygen atoms in total. The molecule has 0 atom stereocenters. The van der Waals surface area contributed by atoms with Gasteiger partial charge >= 0.3 is 6.18 Å². The molecule has 1 saturated heterocycles. The lowest BCUT2D eigenvalue weighted by atomic mass is 10.1. The number of thiocarbonyl (C=S) groups is 1. The molecule has 24 heavy (non-hydrogen) atoms. The monoisotopic (exact) mass is 372 g/mol. The number of carbonyl (C=O) groups is 1. The Bertz CT molecular complexity index is 874. The van der Waals surface area contributed by atoms with E-state index >= 15 is 0 Å². The van der Waals surface area contributed by atoms with Gasteiger partial charge in [0.2, 0.25) is 0 Å². The Labute approximate surface area is 144 Å². The van der Waals surface area contributed by atoms with Gasteiger partial charge in [-0.15, -0.1) is 0 Å². The normalized spacial score (nSPS) is 16.4. The van der Waals surface area contributed by atoms with Crippen LogP contribution in [0.25, 0.3) is 17.4 Å². The molecule has 1 aliphatic heterocycles. The van der Waals surface area contributed by atoms with Gasteiger partial charge in [0.25, 0.3) is 5.91 Å². The van der Waals surface area contributed by atoms with Gasteiger partial charge in [0.1, 0.15) is 17.2 Å². The summed E-state index contributed by atoms with van der Waals surface area (Å²) in [5.74, 6) is -0.00480. The van der Waals surface area contributed by atoms with Crippen LogP contribution in [0, 0.1) is 0 Å². The van der Waals surface area contributed by atoms with Gasteiger partial charge in [-0.2, -0.15) is 13.2 Å². The Morgan fingerprint density at radius 2 is 1.92 bits per heavy atom. The van der Waals surface area contributed by atoms with Crippen molar-refractivity contribution in [3.63, 3.8) is 0 Å². The first-order chi connectivity index (χ1) is 11.2. The number of hydrogen-bond donors (Lipinski definition) is 2. The molecule has 1 amide bonds. The highest BCUT2D eigenvalue weighted by Crippen LogP contribution is 2.36. The van der Waals surface area contributed by atoms with Crippen LogP contribution >= 0.6 is 23.8 Å². The average molecular weight is 373 g/mol. The van der Waals surface area contributed by atoms with Crippen LogP contribution in [0.2, 0.25) is 5.02 Å². The Kier molecular flexibility index (Phi) is 4.10. The third kappa shape index (κ3) is 3.29. The first-order valence-electron chi connectivity index (χ1n) is 6.55. The number of nitrogens with one attached hydrogen (secondary N) is 2. The zero-order valence-corrected chi connectivity index (χ0v) is 13.3. The van der Waals surface area contributed by atoms with Crippen LogP contribution < -0.4 is 10.6 Å². The summed E-state index contributed by atoms with van der Waals surface area (Å²) >= 11 is 10.8. The summed E-state index contributed by atoms with van der Waals surface area (Å²) in [6.45, 7) is 0. The third-order valence-electron chi connectivity index (χ3n) is 3.19. The van der Waals surface area contributed by atoms with Gasteiger partial charge in [-0.05, 0) is 42.5 Å². The van der Waals surface area contributed by atoms with Gasteiger partial charge in [0, 0.05) is 11.6 Å². The molecule has 2 heterocycles. The number of halogens is 4. The van der Waals surface area contributed by atoms with Gasteiger partial charge < -0.3 is 9.73 Å². The predicted molar refractivity (Wildman–Crippen MR) is 86.0 cm³/mol. The van der Waals surface area contributed by atoms with E-state index < -0.39 is 17.6 Å². The largest absolute Gasteiger partial charge is 0.457 e. The lowest BCUT2D eigenvalue weighted by Crippen LogP contribution is -2.21. The summed E-state index contributed by atoms with van der Waals surface area (Å²) in [6.07, 6.45) is -3.10. The molecular formula is C15H8ClF3N2O2S. The van der Waals surface area contributed by atoms with E-state index in [9.17, 15) is 18.0 Å². The Morgan fingerprint density at radius 1 is 1.17 bits per heavy atom. The molecule has 1 fully saturated rings. The topological polar surface area (TPSA) is 54.3 Å². The summed E-state index contributed by atoms with van der Waals surface area (Å²) in [5.41, 5.74) is -0.549. The maximum atomic E-state index is 12.8. The number of carbonyl (C=O) groups excluding carboxylic acids is 1. The van der Waals surface area contributed by atoms with Crippen LogP contribution in [-0.4, -0.2) is 11.0 Å². The number of amides is 1. The summed E-state index contributed by atoms with van der Waals surface area (Å²) in [7, 11) is 0. The molecule has 1 aromatic heterocycles. The van der Waals surface area contributed by atoms with E-state index in [-0.39, 0.29) is 32.9 Å². The van der Waals surface area contributed by atoms with Crippen molar-refractivity contribution in [1.29, 1.82) is 0 Å². The maximum absolute atomic E-state index is 12.8. The van der Waals surface area contributed by atoms with Crippen molar-refractivity contribution in [3.05, 3.63) is 52.4 Å². The van der Waals surface area contributed by atoms with Crippen molar-refractivity contribution >= 4 is 40.9 Å². The quantitative estimate of drug-likeness (QED) is 0.619. The molecule has 9 heteroatoms. The van der Waals surface area contributed by atoms with Crippen molar-refractivity contribution in [3.8, 4) is 11.3 Å². The minimum Gasteiger partial charge on any atom is -0.457 e. The highest BCUT2D eigenvalue weighted by Gasteiger charge is 2.31. The van der Waals surface area contributed by atoms with Crippen LogP contribution in [-0.2, 0) is 11.0 Å². The molecule has 0 bridgehead atoms. The summed E-state index contributed by atoms with van der Waals surface area (Å²) in [4.78, 5) is 11.6. The second-order valence-electron chi connectivity index (χ2n) is 4.86. The predicted octanol–water partition coefficient (Wildman–Crippen LogP) is 3.96. The first-order valence-corrected chi connectivity index (χ1v) is 7.33. The Morgan fingerprint density at radius 3 is 2.54 bits per heavy atom. The minimum absolute atomic E-state index is 0.107. The van der Waals surface area contributed by atoms with E-state index in [0.717, 1.165) is 18.2 Å². The highest BCUT2D eigenvalue weighted by atomic mass is 35.5. The fourth-order valence-corrected chi connectivity index (χ4v) is 2.50. The van der Waals surface area contributed by atoms with Crippen LogP contribution in [0.4, 0.5) is 13.2 Å². The van der Waals surface area contributed by atoms with Crippen molar-refractivity contribution < 1.29 is 22.4 Å². The number of benzene rings is 1. The van der Waals surface area contributed by atoms with Crippen molar-refractivity contribution in [2.24, 2.45) is 0 Å². The zero-order chi connectivity index (χ0) is 17.5. The van der Waals surface area contributed by atoms with Gasteiger partial charge in [0.05, 0.1) is 10.6 Å². The standard InChI is InChI=1S/C15H8ClF3N2O2S/c16-10-3-1-7(15(17,18)19)5-9(10)12-4-2-8(23-12)6-11-13(22)21-14(24)20-11/h1-6H,(H2,20,21,22,24)/b11-6-. The van der Waals surface area contributed by atoms with Crippen molar-refractivity contribution in [2.75, 3.05) is 0 Å². The SMILES string of the molecule is O=C1NC(=S)N/C1=C\c1ccc(-c2cc(C(F)(F)F)ccc2Cl)o1. The van der Waals surface area contributed by atoms with E-state index in [1.807, 2.05) is 0 Å². The summed E-state index contributed by atoms with van der Waals surface area (Å²) < 4.78 is 43.9. The fraction of sp³-hybridized carbons (Fsp3) is 0.0667. The molecule has 3 rings (SSSR count). The molecule has 2 N–H and O–H groups in total. The number of rotatable bonds is 2. The molecule has 2 aromatic rings.